The van der Waals surface area contributed by atoms with E-state index in [0.717, 1.165) is 83.7 Å². The number of aromatic nitrogens is 4. The molecule has 0 unspecified atom stereocenters. The van der Waals surface area contributed by atoms with Crippen LogP contribution in [0.3, 0.4) is 0 Å². The van der Waals surface area contributed by atoms with Crippen LogP contribution in [0.1, 0.15) is 50.8 Å². The summed E-state index contributed by atoms with van der Waals surface area (Å²) in [5.74, 6) is 1.16. The van der Waals surface area contributed by atoms with E-state index in [-0.39, 0.29) is 5.91 Å². The Morgan fingerprint density at radius 2 is 1.83 bits per heavy atom. The average molecular weight is 406 g/mol. The van der Waals surface area contributed by atoms with Crippen LogP contribution in [0, 0.1) is 0 Å². The lowest BCUT2D eigenvalue weighted by Gasteiger charge is -2.27. The van der Waals surface area contributed by atoms with Gasteiger partial charge in [0.2, 0.25) is 5.91 Å². The van der Waals surface area contributed by atoms with Crippen LogP contribution in [0.2, 0.25) is 0 Å². The fourth-order valence-corrected chi connectivity index (χ4v) is 4.83. The molecule has 1 amide bonds. The van der Waals surface area contributed by atoms with Crippen molar-refractivity contribution in [3.05, 3.63) is 5.82 Å². The average Bonchev–Trinajstić information content (AvgIpc) is 3.36. The van der Waals surface area contributed by atoms with Crippen molar-refractivity contribution in [2.75, 3.05) is 52.5 Å². The number of aryl methyl sites for hydroxylation is 1. The Labute approximate surface area is 173 Å². The van der Waals surface area contributed by atoms with Crippen LogP contribution in [0.15, 0.2) is 0 Å². The molecule has 1 aliphatic carbocycles. The molecule has 0 aromatic carbocycles. The van der Waals surface area contributed by atoms with E-state index < -0.39 is 0 Å². The van der Waals surface area contributed by atoms with Gasteiger partial charge in [-0.2, -0.15) is 0 Å². The topological polar surface area (TPSA) is 79.6 Å². The fourth-order valence-electron chi connectivity index (χ4n) is 4.83. The van der Waals surface area contributed by atoms with Crippen molar-refractivity contribution in [1.29, 1.82) is 0 Å². The molecule has 0 atom stereocenters. The highest BCUT2D eigenvalue weighted by atomic mass is 16.5. The summed E-state index contributed by atoms with van der Waals surface area (Å²) < 4.78 is 7.25. The Morgan fingerprint density at radius 3 is 2.66 bits per heavy atom. The quantitative estimate of drug-likeness (QED) is 0.663. The second-order valence-electron chi connectivity index (χ2n) is 8.52. The summed E-state index contributed by atoms with van der Waals surface area (Å²) in [5.41, 5.74) is 0. The molecule has 4 rings (SSSR count). The summed E-state index contributed by atoms with van der Waals surface area (Å²) in [6, 6.07) is 0.759. The van der Waals surface area contributed by atoms with Crippen LogP contribution in [-0.4, -0.2) is 99.3 Å². The zero-order chi connectivity index (χ0) is 19.9. The number of nitrogens with zero attached hydrogens (tertiary/aromatic N) is 7. The molecule has 0 spiro atoms. The molecule has 0 N–H and O–H groups in total. The Morgan fingerprint density at radius 1 is 1.00 bits per heavy atom. The van der Waals surface area contributed by atoms with Gasteiger partial charge in [0, 0.05) is 58.3 Å². The zero-order valence-corrected chi connectivity index (χ0v) is 17.5. The monoisotopic (exact) mass is 405 g/mol. The SMILES string of the molecule is O=C(CCCn1nnnc1CN1CCOCC1)N1CCCN(C2CCCC2)CC1. The van der Waals surface area contributed by atoms with Crippen molar-refractivity contribution in [3.63, 3.8) is 0 Å². The molecule has 0 bridgehead atoms. The van der Waals surface area contributed by atoms with E-state index in [1.54, 1.807) is 0 Å². The summed E-state index contributed by atoms with van der Waals surface area (Å²) in [7, 11) is 0. The van der Waals surface area contributed by atoms with Crippen LogP contribution >= 0.6 is 0 Å². The number of rotatable bonds is 7. The molecule has 3 fully saturated rings. The molecular weight excluding hydrogens is 370 g/mol. The molecule has 3 aliphatic rings. The number of morpholine rings is 1. The standard InChI is InChI=1S/C20H35N7O2/c28-20(26-9-4-8-25(11-12-26)18-5-1-2-6-18)7-3-10-27-19(21-22-23-27)17-24-13-15-29-16-14-24/h18H,1-17H2. The molecule has 2 aliphatic heterocycles. The highest BCUT2D eigenvalue weighted by Gasteiger charge is 2.26. The molecule has 9 nitrogen and oxygen atoms in total. The molecule has 1 aromatic rings. The van der Waals surface area contributed by atoms with Crippen molar-refractivity contribution in [3.8, 4) is 0 Å². The number of ether oxygens (including phenoxy) is 1. The van der Waals surface area contributed by atoms with E-state index in [0.29, 0.717) is 13.0 Å². The first kappa shape index (κ1) is 20.7. The number of tetrazole rings is 1. The van der Waals surface area contributed by atoms with E-state index in [1.165, 1.54) is 25.7 Å². The molecule has 1 aromatic heterocycles. The summed E-state index contributed by atoms with van der Waals surface area (Å²) >= 11 is 0. The third kappa shape index (κ3) is 5.73. The molecule has 9 heteroatoms. The van der Waals surface area contributed by atoms with E-state index >= 15 is 0 Å². The summed E-state index contributed by atoms with van der Waals surface area (Å²) in [6.07, 6.45) is 7.87. The summed E-state index contributed by atoms with van der Waals surface area (Å²) in [5, 5.41) is 12.1. The van der Waals surface area contributed by atoms with E-state index in [1.807, 2.05) is 4.68 Å². The number of amides is 1. The van der Waals surface area contributed by atoms with E-state index in [4.69, 9.17) is 4.74 Å². The van der Waals surface area contributed by atoms with Crippen molar-refractivity contribution >= 4 is 5.91 Å². The predicted molar refractivity (Wildman–Crippen MR) is 108 cm³/mol. The predicted octanol–water partition coefficient (Wildman–Crippen LogP) is 0.762. The lowest BCUT2D eigenvalue weighted by atomic mass is 10.2. The maximum atomic E-state index is 12.7. The molecule has 0 radical (unpaired) electrons. The van der Waals surface area contributed by atoms with E-state index in [9.17, 15) is 4.79 Å². The van der Waals surface area contributed by atoms with Gasteiger partial charge >= 0.3 is 0 Å². The van der Waals surface area contributed by atoms with Gasteiger partial charge in [0.05, 0.1) is 19.8 Å². The van der Waals surface area contributed by atoms with Gasteiger partial charge in [-0.05, 0) is 36.1 Å². The first-order valence-corrected chi connectivity index (χ1v) is 11.4. The molecule has 1 saturated carbocycles. The largest absolute Gasteiger partial charge is 0.379 e. The second-order valence-corrected chi connectivity index (χ2v) is 8.52. The number of hydrogen-bond donors (Lipinski definition) is 0. The number of carbonyl (C=O) groups excluding carboxylic acids is 1. The first-order chi connectivity index (χ1) is 14.3. The number of hydrogen-bond acceptors (Lipinski definition) is 7. The van der Waals surface area contributed by atoms with Gasteiger partial charge in [0.15, 0.2) is 5.82 Å². The van der Waals surface area contributed by atoms with Gasteiger partial charge in [0.1, 0.15) is 0 Å². The van der Waals surface area contributed by atoms with Crippen LogP contribution in [0.4, 0.5) is 0 Å². The van der Waals surface area contributed by atoms with Gasteiger partial charge in [-0.1, -0.05) is 12.8 Å². The third-order valence-corrected chi connectivity index (χ3v) is 6.56. The molecule has 3 heterocycles. The van der Waals surface area contributed by atoms with Crippen molar-refractivity contribution < 1.29 is 9.53 Å². The maximum Gasteiger partial charge on any atom is 0.222 e. The molecule has 29 heavy (non-hydrogen) atoms. The smallest absolute Gasteiger partial charge is 0.222 e. The number of carbonyl (C=O) groups is 1. The Bertz CT molecular complexity index is 641. The Balaban J connectivity index is 1.19. The lowest BCUT2D eigenvalue weighted by Crippen LogP contribution is -2.38. The minimum absolute atomic E-state index is 0.279. The second kappa shape index (κ2) is 10.4. The summed E-state index contributed by atoms with van der Waals surface area (Å²) in [4.78, 5) is 19.7. The van der Waals surface area contributed by atoms with Crippen LogP contribution < -0.4 is 0 Å². The highest BCUT2D eigenvalue weighted by Crippen LogP contribution is 2.24. The minimum atomic E-state index is 0.279. The van der Waals surface area contributed by atoms with Crippen molar-refractivity contribution in [2.24, 2.45) is 0 Å². The normalized spacial score (nSPS) is 22.8. The lowest BCUT2D eigenvalue weighted by molar-refractivity contribution is -0.131. The van der Waals surface area contributed by atoms with Crippen molar-refractivity contribution in [2.45, 2.75) is 64.1 Å². The summed E-state index contributed by atoms with van der Waals surface area (Å²) in [6.45, 7) is 8.76. The van der Waals surface area contributed by atoms with Gasteiger partial charge < -0.3 is 9.64 Å². The van der Waals surface area contributed by atoms with Gasteiger partial charge in [-0.25, -0.2) is 4.68 Å². The molecule has 2 saturated heterocycles. The third-order valence-electron chi connectivity index (χ3n) is 6.56. The van der Waals surface area contributed by atoms with Crippen LogP contribution in [-0.2, 0) is 22.6 Å². The van der Waals surface area contributed by atoms with Crippen LogP contribution in [0.25, 0.3) is 0 Å². The fraction of sp³-hybridized carbons (Fsp3) is 0.900. The first-order valence-electron chi connectivity index (χ1n) is 11.4. The highest BCUT2D eigenvalue weighted by molar-refractivity contribution is 5.76. The maximum absolute atomic E-state index is 12.7. The Hall–Kier alpha value is -1.58. The van der Waals surface area contributed by atoms with Gasteiger partial charge in [-0.3, -0.25) is 14.6 Å². The molecular formula is C20H35N7O2. The molecule has 162 valence electrons. The van der Waals surface area contributed by atoms with Crippen LogP contribution in [0.5, 0.6) is 0 Å². The van der Waals surface area contributed by atoms with E-state index in [2.05, 4.69) is 30.2 Å². The van der Waals surface area contributed by atoms with Gasteiger partial charge in [-0.15, -0.1) is 5.10 Å². The Kier molecular flexibility index (Phi) is 7.45. The van der Waals surface area contributed by atoms with Crippen molar-refractivity contribution in [1.82, 2.24) is 34.9 Å². The van der Waals surface area contributed by atoms with Gasteiger partial charge in [0.25, 0.3) is 0 Å². The minimum Gasteiger partial charge on any atom is -0.379 e. The zero-order valence-electron chi connectivity index (χ0n) is 17.5.